The molecule has 0 aliphatic carbocycles. The number of aliphatic hydroxyl groups is 3. The molecule has 0 spiro atoms. The van der Waals surface area contributed by atoms with Crippen LogP contribution in [0.25, 0.3) is 22.1 Å². The lowest BCUT2D eigenvalue weighted by molar-refractivity contribution is -0.0472. The smallest absolute Gasteiger partial charge is 0.204 e. The van der Waals surface area contributed by atoms with Gasteiger partial charge in [-0.15, -0.1) is 0 Å². The lowest BCUT2D eigenvalue weighted by Crippen LogP contribution is -2.39. The van der Waals surface area contributed by atoms with E-state index in [0.29, 0.717) is 17.7 Å². The molecule has 176 valence electrons. The molecule has 2 atom stereocenters. The Bertz CT molecular complexity index is 1280. The van der Waals surface area contributed by atoms with E-state index in [1.165, 1.54) is 26.2 Å². The maximum absolute atomic E-state index is 13.3. The lowest BCUT2D eigenvalue weighted by Gasteiger charge is -2.25. The van der Waals surface area contributed by atoms with Crippen LogP contribution in [0, 0.1) is 0 Å². The zero-order valence-electron chi connectivity index (χ0n) is 18.9. The Morgan fingerprint density at radius 1 is 1.12 bits per heavy atom. The number of rotatable bonds is 5. The summed E-state index contributed by atoms with van der Waals surface area (Å²) >= 11 is 0. The van der Waals surface area contributed by atoms with Gasteiger partial charge in [-0.2, -0.15) is 0 Å². The van der Waals surface area contributed by atoms with Crippen molar-refractivity contribution in [3.63, 3.8) is 0 Å². The number of hydrogen-bond acceptors (Lipinski definition) is 8. The topological polar surface area (TPSA) is 141 Å². The summed E-state index contributed by atoms with van der Waals surface area (Å²) in [5, 5.41) is 51.5. The van der Waals surface area contributed by atoms with Crippen molar-refractivity contribution in [2.24, 2.45) is 0 Å². The Kier molecular flexibility index (Phi) is 5.43. The molecule has 5 N–H and O–H groups in total. The summed E-state index contributed by atoms with van der Waals surface area (Å²) in [6, 6.07) is 6.41. The molecule has 2 unspecified atom stereocenters. The lowest BCUT2D eigenvalue weighted by atomic mass is 9.93. The molecule has 1 aliphatic heterocycles. The van der Waals surface area contributed by atoms with E-state index in [1.807, 2.05) is 0 Å². The van der Waals surface area contributed by atoms with Gasteiger partial charge in [0.25, 0.3) is 0 Å². The molecule has 0 saturated heterocycles. The molecule has 2 heterocycles. The molecular formula is C25H28O8. The van der Waals surface area contributed by atoms with Gasteiger partial charge in [0.15, 0.2) is 0 Å². The van der Waals surface area contributed by atoms with Crippen molar-refractivity contribution in [3.05, 3.63) is 51.9 Å². The van der Waals surface area contributed by atoms with Crippen LogP contribution < -0.4 is 10.2 Å². The van der Waals surface area contributed by atoms with Crippen molar-refractivity contribution in [1.29, 1.82) is 0 Å². The van der Waals surface area contributed by atoms with E-state index in [-0.39, 0.29) is 34.3 Å². The highest BCUT2D eigenvalue weighted by molar-refractivity contribution is 5.89. The third-order valence-corrected chi connectivity index (χ3v) is 6.17. The zero-order chi connectivity index (χ0) is 24.3. The minimum atomic E-state index is -1.48. The third kappa shape index (κ3) is 4.17. The summed E-state index contributed by atoms with van der Waals surface area (Å²) in [4.78, 5) is 13.3. The van der Waals surface area contributed by atoms with Crippen LogP contribution in [0.3, 0.4) is 0 Å². The molecule has 8 heteroatoms. The molecule has 4 rings (SSSR count). The fourth-order valence-electron chi connectivity index (χ4n) is 3.95. The number of aliphatic hydroxyl groups excluding tert-OH is 1. The number of benzene rings is 2. The standard InChI is InChI=1S/C25H28O8/c1-24(2,30)19(27)9-14-16(26)10-18-21(22(14)28)23(29)15(11-32-18)12-5-6-17-13(7-12)8-20(33-17)25(3,4)31/h5-7,10-11,19-20,26-28,30-31H,8-9H2,1-4H3. The summed E-state index contributed by atoms with van der Waals surface area (Å²) in [6.45, 7) is 6.15. The Hall–Kier alpha value is -3.07. The quantitative estimate of drug-likeness (QED) is 0.395. The first kappa shape index (κ1) is 23.1. The van der Waals surface area contributed by atoms with Gasteiger partial charge in [0.1, 0.15) is 40.6 Å². The largest absolute Gasteiger partial charge is 0.507 e. The highest BCUT2D eigenvalue weighted by Gasteiger charge is 2.35. The van der Waals surface area contributed by atoms with Crippen molar-refractivity contribution in [3.8, 4) is 28.4 Å². The highest BCUT2D eigenvalue weighted by atomic mass is 16.5. The van der Waals surface area contributed by atoms with Crippen LogP contribution >= 0.6 is 0 Å². The SMILES string of the molecule is CC(C)(O)C(O)Cc1c(O)cc2occ(-c3ccc4c(c3)CC(C(C)(C)O)O4)c(=O)c2c1O. The molecule has 0 radical (unpaired) electrons. The third-order valence-electron chi connectivity index (χ3n) is 6.17. The van der Waals surface area contributed by atoms with E-state index >= 15 is 0 Å². The van der Waals surface area contributed by atoms with E-state index in [1.54, 1.807) is 32.0 Å². The number of fused-ring (bicyclic) bond motifs is 2. The Balaban J connectivity index is 1.79. The van der Waals surface area contributed by atoms with E-state index < -0.39 is 34.6 Å². The molecule has 8 nitrogen and oxygen atoms in total. The molecule has 1 aliphatic rings. The van der Waals surface area contributed by atoms with Gasteiger partial charge in [-0.25, -0.2) is 0 Å². The fourth-order valence-corrected chi connectivity index (χ4v) is 3.95. The Morgan fingerprint density at radius 3 is 2.45 bits per heavy atom. The second-order valence-electron chi connectivity index (χ2n) is 9.73. The van der Waals surface area contributed by atoms with Crippen molar-refractivity contribution < 1.29 is 34.7 Å². The molecule has 0 amide bonds. The van der Waals surface area contributed by atoms with Gasteiger partial charge in [0, 0.05) is 24.5 Å². The highest BCUT2D eigenvalue weighted by Crippen LogP contribution is 2.38. The van der Waals surface area contributed by atoms with Crippen LogP contribution in [-0.2, 0) is 12.8 Å². The summed E-state index contributed by atoms with van der Waals surface area (Å²) in [5.41, 5.74) is -1.49. The maximum Gasteiger partial charge on any atom is 0.204 e. The van der Waals surface area contributed by atoms with Crippen molar-refractivity contribution in [2.45, 2.75) is 63.9 Å². The van der Waals surface area contributed by atoms with Gasteiger partial charge >= 0.3 is 0 Å². The molecule has 3 aromatic rings. The molecule has 1 aromatic heterocycles. The molecule has 33 heavy (non-hydrogen) atoms. The van der Waals surface area contributed by atoms with Gasteiger partial charge in [-0.1, -0.05) is 6.07 Å². The number of phenolic OH excluding ortho intramolecular Hbond substituents is 2. The summed E-state index contributed by atoms with van der Waals surface area (Å²) in [7, 11) is 0. The second kappa shape index (κ2) is 7.76. The van der Waals surface area contributed by atoms with Crippen LogP contribution in [0.1, 0.15) is 38.8 Å². The minimum absolute atomic E-state index is 0.00756. The van der Waals surface area contributed by atoms with Gasteiger partial charge in [-0.05, 0) is 51.0 Å². The Morgan fingerprint density at radius 2 is 1.82 bits per heavy atom. The van der Waals surface area contributed by atoms with Crippen LogP contribution in [0.5, 0.6) is 17.2 Å². The zero-order valence-corrected chi connectivity index (χ0v) is 18.9. The van der Waals surface area contributed by atoms with Crippen LogP contribution in [0.2, 0.25) is 0 Å². The van der Waals surface area contributed by atoms with Gasteiger partial charge in [-0.3, -0.25) is 4.79 Å². The molecular weight excluding hydrogens is 428 g/mol. The average molecular weight is 456 g/mol. The van der Waals surface area contributed by atoms with Gasteiger partial charge in [0.05, 0.1) is 22.9 Å². The van der Waals surface area contributed by atoms with Crippen LogP contribution in [0.15, 0.2) is 39.7 Å². The predicted octanol–water partition coefficient (Wildman–Crippen LogP) is 2.62. The van der Waals surface area contributed by atoms with Crippen molar-refractivity contribution in [1.82, 2.24) is 0 Å². The number of aromatic hydroxyl groups is 2. The normalized spacial score (nSPS) is 17.1. The van der Waals surface area contributed by atoms with E-state index in [2.05, 4.69) is 0 Å². The van der Waals surface area contributed by atoms with Crippen LogP contribution in [0.4, 0.5) is 0 Å². The summed E-state index contributed by atoms with van der Waals surface area (Å²) < 4.78 is 11.4. The Labute approximate surface area is 190 Å². The first-order valence-electron chi connectivity index (χ1n) is 10.7. The number of phenols is 2. The van der Waals surface area contributed by atoms with Gasteiger partial charge < -0.3 is 34.7 Å². The number of hydrogen-bond donors (Lipinski definition) is 5. The van der Waals surface area contributed by atoms with E-state index in [4.69, 9.17) is 9.15 Å². The van der Waals surface area contributed by atoms with E-state index in [9.17, 15) is 30.3 Å². The van der Waals surface area contributed by atoms with Crippen molar-refractivity contribution in [2.75, 3.05) is 0 Å². The van der Waals surface area contributed by atoms with Gasteiger partial charge in [0.2, 0.25) is 5.43 Å². The van der Waals surface area contributed by atoms with Crippen LogP contribution in [-0.4, -0.2) is 48.9 Å². The fraction of sp³-hybridized carbons (Fsp3) is 0.400. The van der Waals surface area contributed by atoms with E-state index in [0.717, 1.165) is 5.56 Å². The maximum atomic E-state index is 13.3. The second-order valence-corrected chi connectivity index (χ2v) is 9.73. The first-order chi connectivity index (χ1) is 15.3. The predicted molar refractivity (Wildman–Crippen MR) is 122 cm³/mol. The molecule has 2 aromatic carbocycles. The average Bonchev–Trinajstić information content (AvgIpc) is 3.14. The first-order valence-corrected chi connectivity index (χ1v) is 10.7. The molecule has 0 saturated carbocycles. The van der Waals surface area contributed by atoms with Crippen molar-refractivity contribution >= 4 is 11.0 Å². The summed E-state index contributed by atoms with van der Waals surface area (Å²) in [5.74, 6) is -0.228. The molecule has 0 fully saturated rings. The number of ether oxygens (including phenoxy) is 1. The molecule has 0 bridgehead atoms. The minimum Gasteiger partial charge on any atom is -0.507 e. The summed E-state index contributed by atoms with van der Waals surface area (Å²) in [6.07, 6.45) is -0.228. The monoisotopic (exact) mass is 456 g/mol.